The predicted molar refractivity (Wildman–Crippen MR) is 79.1 cm³/mol. The SMILES string of the molecule is CC(C)(C)N1C(=O)NC(=O)/C(=C/c2ccc([N+](=O)[O-])s2)C1=O. The highest BCUT2D eigenvalue weighted by Gasteiger charge is 2.41. The molecule has 0 atom stereocenters. The van der Waals surface area contributed by atoms with Crippen molar-refractivity contribution in [2.24, 2.45) is 0 Å². The monoisotopic (exact) mass is 323 g/mol. The van der Waals surface area contributed by atoms with Gasteiger partial charge in [0.15, 0.2) is 0 Å². The van der Waals surface area contributed by atoms with Crippen molar-refractivity contribution in [2.75, 3.05) is 0 Å². The zero-order valence-corrected chi connectivity index (χ0v) is 12.9. The molecule has 1 aliphatic heterocycles. The van der Waals surface area contributed by atoms with Gasteiger partial charge in [-0.1, -0.05) is 11.3 Å². The fourth-order valence-electron chi connectivity index (χ4n) is 1.93. The molecular formula is C13H13N3O5S. The molecule has 1 aliphatic rings. The van der Waals surface area contributed by atoms with E-state index in [0.29, 0.717) is 4.88 Å². The molecular weight excluding hydrogens is 310 g/mol. The number of urea groups is 1. The van der Waals surface area contributed by atoms with Crippen LogP contribution in [0.25, 0.3) is 6.08 Å². The average molecular weight is 323 g/mol. The van der Waals surface area contributed by atoms with Crippen molar-refractivity contribution in [3.63, 3.8) is 0 Å². The second-order valence-corrected chi connectivity index (χ2v) is 6.66. The lowest BCUT2D eigenvalue weighted by atomic mass is 10.0. The Kier molecular flexibility index (Phi) is 3.84. The first-order valence-electron chi connectivity index (χ1n) is 6.27. The Morgan fingerprint density at radius 1 is 1.27 bits per heavy atom. The molecule has 1 fully saturated rings. The van der Waals surface area contributed by atoms with Crippen LogP contribution in [-0.2, 0) is 9.59 Å². The maximum absolute atomic E-state index is 12.4. The van der Waals surface area contributed by atoms with Crippen molar-refractivity contribution >= 4 is 40.3 Å². The molecule has 0 saturated carbocycles. The van der Waals surface area contributed by atoms with E-state index in [4.69, 9.17) is 0 Å². The summed E-state index contributed by atoms with van der Waals surface area (Å²) in [6.45, 7) is 4.98. The summed E-state index contributed by atoms with van der Waals surface area (Å²) in [5.74, 6) is -1.54. The molecule has 0 spiro atoms. The number of carbonyl (C=O) groups excluding carboxylic acids is 3. The number of nitro groups is 1. The lowest BCUT2D eigenvalue weighted by Gasteiger charge is -2.36. The first-order chi connectivity index (χ1) is 10.1. The van der Waals surface area contributed by atoms with Gasteiger partial charge in [-0.25, -0.2) is 4.79 Å². The van der Waals surface area contributed by atoms with Gasteiger partial charge < -0.3 is 0 Å². The smallest absolute Gasteiger partial charge is 0.273 e. The van der Waals surface area contributed by atoms with Gasteiger partial charge in [-0.2, -0.15) is 0 Å². The molecule has 1 saturated heterocycles. The van der Waals surface area contributed by atoms with E-state index in [1.54, 1.807) is 20.8 Å². The second kappa shape index (κ2) is 5.34. The highest BCUT2D eigenvalue weighted by atomic mass is 32.1. The largest absolute Gasteiger partial charge is 0.331 e. The fraction of sp³-hybridized carbons (Fsp3) is 0.308. The van der Waals surface area contributed by atoms with Crippen molar-refractivity contribution in [3.05, 3.63) is 32.7 Å². The van der Waals surface area contributed by atoms with Crippen LogP contribution >= 0.6 is 11.3 Å². The van der Waals surface area contributed by atoms with Crippen molar-refractivity contribution < 1.29 is 19.3 Å². The van der Waals surface area contributed by atoms with Gasteiger partial charge in [-0.3, -0.25) is 29.9 Å². The highest BCUT2D eigenvalue weighted by molar-refractivity contribution is 7.16. The zero-order valence-electron chi connectivity index (χ0n) is 12.1. The van der Waals surface area contributed by atoms with Crippen molar-refractivity contribution in [1.82, 2.24) is 10.2 Å². The quantitative estimate of drug-likeness (QED) is 0.387. The lowest BCUT2D eigenvalue weighted by molar-refractivity contribution is -0.380. The molecule has 1 aromatic rings. The number of amides is 4. The van der Waals surface area contributed by atoms with Crippen LogP contribution in [0.3, 0.4) is 0 Å². The summed E-state index contributed by atoms with van der Waals surface area (Å²) in [7, 11) is 0. The molecule has 4 amide bonds. The number of hydrogen-bond donors (Lipinski definition) is 1. The van der Waals surface area contributed by atoms with E-state index in [1.165, 1.54) is 18.2 Å². The molecule has 22 heavy (non-hydrogen) atoms. The topological polar surface area (TPSA) is 110 Å². The third-order valence-corrected chi connectivity index (χ3v) is 3.84. The third kappa shape index (κ3) is 2.89. The van der Waals surface area contributed by atoms with Crippen molar-refractivity contribution in [1.29, 1.82) is 0 Å². The molecule has 1 N–H and O–H groups in total. The number of imide groups is 2. The van der Waals surface area contributed by atoms with Gasteiger partial charge in [0.05, 0.1) is 4.92 Å². The average Bonchev–Trinajstić information content (AvgIpc) is 2.81. The van der Waals surface area contributed by atoms with Gasteiger partial charge in [0.25, 0.3) is 11.8 Å². The second-order valence-electron chi connectivity index (χ2n) is 5.56. The minimum Gasteiger partial charge on any atom is -0.273 e. The number of nitrogens with zero attached hydrogens (tertiary/aromatic N) is 2. The van der Waals surface area contributed by atoms with E-state index in [0.717, 1.165) is 16.2 Å². The molecule has 116 valence electrons. The molecule has 0 unspecified atom stereocenters. The maximum Gasteiger partial charge on any atom is 0.331 e. The Labute approximate surface area is 129 Å². The van der Waals surface area contributed by atoms with Crippen LogP contribution in [0, 0.1) is 10.1 Å². The molecule has 1 aromatic heterocycles. The normalized spacial score (nSPS) is 17.9. The molecule has 2 heterocycles. The Hall–Kier alpha value is -2.55. The maximum atomic E-state index is 12.4. The zero-order chi connectivity index (χ0) is 16.7. The summed E-state index contributed by atoms with van der Waals surface area (Å²) in [4.78, 5) is 47.5. The minimum absolute atomic E-state index is 0.0979. The number of thiophene rings is 1. The number of carbonyl (C=O) groups is 3. The molecule has 8 nitrogen and oxygen atoms in total. The first kappa shape index (κ1) is 15.8. The van der Waals surface area contributed by atoms with Crippen LogP contribution in [0.15, 0.2) is 17.7 Å². The van der Waals surface area contributed by atoms with Crippen LogP contribution in [0.2, 0.25) is 0 Å². The van der Waals surface area contributed by atoms with Crippen LogP contribution in [0.4, 0.5) is 9.80 Å². The number of hydrogen-bond acceptors (Lipinski definition) is 6. The summed E-state index contributed by atoms with van der Waals surface area (Å²) in [6, 6.07) is 1.94. The van der Waals surface area contributed by atoms with Gasteiger partial charge in [0, 0.05) is 16.5 Å². The first-order valence-corrected chi connectivity index (χ1v) is 7.08. The van der Waals surface area contributed by atoms with Gasteiger partial charge in [0.2, 0.25) is 0 Å². The van der Waals surface area contributed by atoms with Crippen LogP contribution < -0.4 is 5.32 Å². The van der Waals surface area contributed by atoms with Crippen molar-refractivity contribution in [2.45, 2.75) is 26.3 Å². The van der Waals surface area contributed by atoms with E-state index in [-0.39, 0.29) is 10.6 Å². The lowest BCUT2D eigenvalue weighted by Crippen LogP contribution is -2.60. The summed E-state index contributed by atoms with van der Waals surface area (Å²) < 4.78 is 0. The van der Waals surface area contributed by atoms with Crippen LogP contribution in [0.1, 0.15) is 25.6 Å². The van der Waals surface area contributed by atoms with E-state index >= 15 is 0 Å². The number of rotatable bonds is 2. The summed E-state index contributed by atoms with van der Waals surface area (Å²) in [5, 5.41) is 12.7. The minimum atomic E-state index is -0.813. The Balaban J connectivity index is 2.41. The van der Waals surface area contributed by atoms with E-state index < -0.39 is 28.3 Å². The molecule has 0 radical (unpaired) electrons. The van der Waals surface area contributed by atoms with Gasteiger partial charge in [0.1, 0.15) is 5.57 Å². The number of nitrogens with one attached hydrogen (secondary N) is 1. The standard InChI is InChI=1S/C13H13N3O5S/c1-13(2,3)15-11(18)8(10(17)14-12(15)19)6-7-4-5-9(22-7)16(20)21/h4-6H,1-3H3,(H,14,17,19)/b8-6-. The van der Waals surface area contributed by atoms with Gasteiger partial charge >= 0.3 is 11.0 Å². The van der Waals surface area contributed by atoms with Crippen LogP contribution in [0.5, 0.6) is 0 Å². The molecule has 0 aliphatic carbocycles. The Morgan fingerprint density at radius 2 is 1.91 bits per heavy atom. The van der Waals surface area contributed by atoms with E-state index in [2.05, 4.69) is 5.32 Å². The predicted octanol–water partition coefficient (Wildman–Crippen LogP) is 1.92. The molecule has 0 bridgehead atoms. The van der Waals surface area contributed by atoms with E-state index in [9.17, 15) is 24.5 Å². The molecule has 0 aromatic carbocycles. The highest BCUT2D eigenvalue weighted by Crippen LogP contribution is 2.28. The Morgan fingerprint density at radius 3 is 2.41 bits per heavy atom. The summed E-state index contributed by atoms with van der Waals surface area (Å²) in [5.41, 5.74) is -1.03. The fourth-order valence-corrected chi connectivity index (χ4v) is 2.69. The van der Waals surface area contributed by atoms with Gasteiger partial charge in [-0.05, 0) is 32.9 Å². The summed E-state index contributed by atoms with van der Waals surface area (Å²) >= 11 is 0.837. The number of barbiturate groups is 1. The van der Waals surface area contributed by atoms with E-state index in [1.807, 2.05) is 0 Å². The molecule has 2 rings (SSSR count). The van der Waals surface area contributed by atoms with Crippen molar-refractivity contribution in [3.8, 4) is 0 Å². The molecule has 9 heteroatoms. The summed E-state index contributed by atoms with van der Waals surface area (Å²) in [6.07, 6.45) is 1.25. The Bertz CT molecular complexity index is 714. The van der Waals surface area contributed by atoms with Crippen LogP contribution in [-0.4, -0.2) is 33.2 Å². The van der Waals surface area contributed by atoms with Gasteiger partial charge in [-0.15, -0.1) is 0 Å². The third-order valence-electron chi connectivity index (χ3n) is 2.85.